The molecule has 0 aliphatic rings. The number of halogens is 1. The second-order valence-corrected chi connectivity index (χ2v) is 5.62. The van der Waals surface area contributed by atoms with Crippen molar-refractivity contribution in [2.24, 2.45) is 0 Å². The van der Waals surface area contributed by atoms with E-state index < -0.39 is 0 Å². The molecule has 0 fully saturated rings. The first-order valence-corrected chi connectivity index (χ1v) is 7.84. The number of rotatable bonds is 5. The van der Waals surface area contributed by atoms with E-state index in [9.17, 15) is 0 Å². The zero-order valence-corrected chi connectivity index (χ0v) is 13.7. The predicted octanol–water partition coefficient (Wildman–Crippen LogP) is 4.64. The van der Waals surface area contributed by atoms with Crippen LogP contribution in [0.1, 0.15) is 18.4 Å². The van der Waals surface area contributed by atoms with Crippen LogP contribution in [0.2, 0.25) is 0 Å². The average molecular weight is 359 g/mol. The van der Waals surface area contributed by atoms with E-state index in [2.05, 4.69) is 39.1 Å². The summed E-state index contributed by atoms with van der Waals surface area (Å²) in [6, 6.07) is 15.7. The van der Waals surface area contributed by atoms with E-state index in [-0.39, 0.29) is 6.61 Å². The average Bonchev–Trinajstić information content (AvgIpc) is 3.02. The molecular formula is C17H15BrN2O2. The molecule has 0 saturated heterocycles. The van der Waals surface area contributed by atoms with Crippen LogP contribution in [-0.2, 0) is 13.0 Å². The van der Waals surface area contributed by atoms with Gasteiger partial charge in [-0.25, -0.2) is 0 Å². The molecule has 0 amide bonds. The van der Waals surface area contributed by atoms with Gasteiger partial charge in [-0.05, 0) is 52.2 Å². The lowest BCUT2D eigenvalue weighted by Gasteiger charge is -2.04. The van der Waals surface area contributed by atoms with Gasteiger partial charge in [0.25, 0.3) is 5.89 Å². The molecule has 3 rings (SSSR count). The first kappa shape index (κ1) is 14.8. The van der Waals surface area contributed by atoms with E-state index in [1.807, 2.05) is 42.5 Å². The maximum absolute atomic E-state index is 5.71. The van der Waals surface area contributed by atoms with Gasteiger partial charge in [0.15, 0.2) is 6.61 Å². The molecule has 0 radical (unpaired) electrons. The standard InChI is InChI=1S/C17H15BrN2O2/c1-2-12-6-5-7-13(10-12)21-11-16-19-20-17(22-16)14-8-3-4-9-15(14)18/h3-10H,2,11H2,1H3. The normalized spacial score (nSPS) is 10.6. The van der Waals surface area contributed by atoms with Crippen molar-refractivity contribution in [2.45, 2.75) is 20.0 Å². The fourth-order valence-electron chi connectivity index (χ4n) is 2.06. The molecule has 5 heteroatoms. The first-order chi connectivity index (χ1) is 10.8. The van der Waals surface area contributed by atoms with Crippen LogP contribution >= 0.6 is 15.9 Å². The van der Waals surface area contributed by atoms with E-state index in [0.29, 0.717) is 11.8 Å². The molecule has 0 aliphatic carbocycles. The largest absolute Gasteiger partial charge is 0.484 e. The number of aryl methyl sites for hydroxylation is 1. The van der Waals surface area contributed by atoms with Crippen LogP contribution < -0.4 is 4.74 Å². The lowest BCUT2D eigenvalue weighted by molar-refractivity contribution is 0.264. The van der Waals surface area contributed by atoms with Gasteiger partial charge in [0.1, 0.15) is 5.75 Å². The van der Waals surface area contributed by atoms with Crippen molar-refractivity contribution in [1.29, 1.82) is 0 Å². The highest BCUT2D eigenvalue weighted by molar-refractivity contribution is 9.10. The van der Waals surface area contributed by atoms with Gasteiger partial charge in [0.2, 0.25) is 5.89 Å². The third-order valence-corrected chi connectivity index (χ3v) is 3.93. The summed E-state index contributed by atoms with van der Waals surface area (Å²) in [6.07, 6.45) is 0.976. The van der Waals surface area contributed by atoms with Gasteiger partial charge in [-0.3, -0.25) is 0 Å². The Balaban J connectivity index is 1.71. The van der Waals surface area contributed by atoms with E-state index >= 15 is 0 Å². The zero-order valence-electron chi connectivity index (χ0n) is 12.1. The van der Waals surface area contributed by atoms with Gasteiger partial charge in [0, 0.05) is 4.47 Å². The summed E-state index contributed by atoms with van der Waals surface area (Å²) in [4.78, 5) is 0. The molecule has 0 saturated carbocycles. The van der Waals surface area contributed by atoms with Gasteiger partial charge < -0.3 is 9.15 Å². The molecule has 4 nitrogen and oxygen atoms in total. The Labute approximate surface area is 137 Å². The van der Waals surface area contributed by atoms with Crippen LogP contribution in [0.3, 0.4) is 0 Å². The third-order valence-electron chi connectivity index (χ3n) is 3.24. The minimum atomic E-state index is 0.255. The summed E-state index contributed by atoms with van der Waals surface area (Å²) in [5.41, 5.74) is 2.10. The molecule has 0 N–H and O–H groups in total. The molecule has 0 atom stereocenters. The Morgan fingerprint density at radius 3 is 2.77 bits per heavy atom. The molecule has 3 aromatic rings. The quantitative estimate of drug-likeness (QED) is 0.666. The summed E-state index contributed by atoms with van der Waals surface area (Å²) in [5.74, 6) is 1.74. The molecule has 0 bridgehead atoms. The number of benzene rings is 2. The lowest BCUT2D eigenvalue weighted by Crippen LogP contribution is -1.96. The highest BCUT2D eigenvalue weighted by Crippen LogP contribution is 2.26. The van der Waals surface area contributed by atoms with Crippen molar-refractivity contribution in [1.82, 2.24) is 10.2 Å². The number of aromatic nitrogens is 2. The number of hydrogen-bond acceptors (Lipinski definition) is 4. The minimum absolute atomic E-state index is 0.255. The maximum atomic E-state index is 5.71. The molecule has 0 unspecified atom stereocenters. The molecule has 112 valence electrons. The van der Waals surface area contributed by atoms with Crippen LogP contribution in [0.4, 0.5) is 0 Å². The first-order valence-electron chi connectivity index (χ1n) is 7.05. The van der Waals surface area contributed by atoms with Gasteiger partial charge in [-0.15, -0.1) is 10.2 Å². The van der Waals surface area contributed by atoms with Crippen LogP contribution in [-0.4, -0.2) is 10.2 Å². The van der Waals surface area contributed by atoms with Gasteiger partial charge in [0.05, 0.1) is 5.56 Å². The van der Waals surface area contributed by atoms with Crippen molar-refractivity contribution >= 4 is 15.9 Å². The van der Waals surface area contributed by atoms with Gasteiger partial charge in [-0.2, -0.15) is 0 Å². The van der Waals surface area contributed by atoms with E-state index in [0.717, 1.165) is 22.2 Å². The Morgan fingerprint density at radius 2 is 1.95 bits per heavy atom. The lowest BCUT2D eigenvalue weighted by atomic mass is 10.2. The molecule has 0 aliphatic heterocycles. The van der Waals surface area contributed by atoms with Crippen molar-refractivity contribution in [3.63, 3.8) is 0 Å². The van der Waals surface area contributed by atoms with Crippen LogP contribution in [0.25, 0.3) is 11.5 Å². The van der Waals surface area contributed by atoms with E-state index in [1.165, 1.54) is 5.56 Å². The molecule has 1 aromatic heterocycles. The minimum Gasteiger partial charge on any atom is -0.484 e. The molecule has 0 spiro atoms. The fraction of sp³-hybridized carbons (Fsp3) is 0.176. The fourth-order valence-corrected chi connectivity index (χ4v) is 2.51. The highest BCUT2D eigenvalue weighted by atomic mass is 79.9. The maximum Gasteiger partial charge on any atom is 0.254 e. The molecular weight excluding hydrogens is 344 g/mol. The van der Waals surface area contributed by atoms with E-state index in [4.69, 9.17) is 9.15 Å². The van der Waals surface area contributed by atoms with E-state index in [1.54, 1.807) is 0 Å². The van der Waals surface area contributed by atoms with Crippen LogP contribution in [0.5, 0.6) is 5.75 Å². The smallest absolute Gasteiger partial charge is 0.254 e. The summed E-state index contributed by atoms with van der Waals surface area (Å²) in [6.45, 7) is 2.37. The zero-order chi connectivity index (χ0) is 15.4. The molecule has 1 heterocycles. The second kappa shape index (κ2) is 6.75. The number of nitrogens with zero attached hydrogens (tertiary/aromatic N) is 2. The number of ether oxygens (including phenoxy) is 1. The topological polar surface area (TPSA) is 48.2 Å². The number of hydrogen-bond donors (Lipinski definition) is 0. The Hall–Kier alpha value is -2.14. The summed E-state index contributed by atoms with van der Waals surface area (Å²) < 4.78 is 12.3. The molecule has 2 aromatic carbocycles. The van der Waals surface area contributed by atoms with Crippen molar-refractivity contribution in [3.8, 4) is 17.2 Å². The molecule has 22 heavy (non-hydrogen) atoms. The summed E-state index contributed by atoms with van der Waals surface area (Å²) in [5, 5.41) is 8.10. The van der Waals surface area contributed by atoms with Gasteiger partial charge >= 0.3 is 0 Å². The third kappa shape index (κ3) is 3.36. The predicted molar refractivity (Wildman–Crippen MR) is 87.6 cm³/mol. The monoisotopic (exact) mass is 358 g/mol. The SMILES string of the molecule is CCc1cccc(OCc2nnc(-c3ccccc3Br)o2)c1. The highest BCUT2D eigenvalue weighted by Gasteiger charge is 2.11. The van der Waals surface area contributed by atoms with Crippen LogP contribution in [0, 0.1) is 0 Å². The second-order valence-electron chi connectivity index (χ2n) is 4.77. The summed E-state index contributed by atoms with van der Waals surface area (Å²) >= 11 is 3.47. The van der Waals surface area contributed by atoms with Crippen molar-refractivity contribution in [3.05, 3.63) is 64.5 Å². The van der Waals surface area contributed by atoms with Crippen molar-refractivity contribution < 1.29 is 9.15 Å². The van der Waals surface area contributed by atoms with Crippen LogP contribution in [0.15, 0.2) is 57.4 Å². The van der Waals surface area contributed by atoms with Gasteiger partial charge in [-0.1, -0.05) is 31.2 Å². The Morgan fingerprint density at radius 1 is 1.09 bits per heavy atom. The van der Waals surface area contributed by atoms with Crippen molar-refractivity contribution in [2.75, 3.05) is 0 Å². The Kier molecular flexibility index (Phi) is 4.53. The Bertz CT molecular complexity index is 771. The summed E-state index contributed by atoms with van der Waals surface area (Å²) in [7, 11) is 0.